The van der Waals surface area contributed by atoms with Crippen LogP contribution in [0, 0.1) is 0 Å². The van der Waals surface area contributed by atoms with E-state index in [0.29, 0.717) is 26.3 Å². The Hall–Kier alpha value is -1.25. The van der Waals surface area contributed by atoms with Crippen LogP contribution in [-0.4, -0.2) is 68.8 Å². The van der Waals surface area contributed by atoms with Gasteiger partial charge in [-0.3, -0.25) is 9.59 Å². The smallest absolute Gasteiger partial charge is 0.312 e. The first kappa shape index (κ1) is 16.8. The summed E-state index contributed by atoms with van der Waals surface area (Å²) in [6.07, 6.45) is 0. The predicted octanol–water partition coefficient (Wildman–Crippen LogP) is -1.49. The van der Waals surface area contributed by atoms with Crippen LogP contribution in [0.15, 0.2) is 0 Å². The summed E-state index contributed by atoms with van der Waals surface area (Å²) in [5, 5.41) is 2.34. The summed E-state index contributed by atoms with van der Waals surface area (Å²) in [5.41, 5.74) is 5.23. The van der Waals surface area contributed by atoms with E-state index in [1.54, 1.807) is 0 Å². The normalized spacial score (nSPS) is 9.89. The zero-order valence-corrected chi connectivity index (χ0v) is 11.4. The van der Waals surface area contributed by atoms with Crippen molar-refractivity contribution in [2.24, 2.45) is 5.73 Å². The van der Waals surface area contributed by atoms with E-state index >= 15 is 0 Å². The van der Waals surface area contributed by atoms with Crippen molar-refractivity contribution in [2.75, 3.05) is 47.1 Å². The van der Waals surface area contributed by atoms with E-state index in [2.05, 4.69) is 17.5 Å². The lowest BCUT2D eigenvalue weighted by Crippen LogP contribution is -2.47. The molecular weight excluding hydrogens is 258 g/mol. The molecule has 0 unspecified atom stereocenters. The molecule has 0 saturated heterocycles. The Morgan fingerprint density at radius 2 is 1.72 bits per heavy atom. The topological polar surface area (TPSA) is 93.9 Å². The highest BCUT2D eigenvalue weighted by Crippen LogP contribution is 1.91. The molecule has 18 heavy (non-hydrogen) atoms. The number of nitrogens with zero attached hydrogens (tertiary/aromatic N) is 1. The Morgan fingerprint density at radius 1 is 1.22 bits per heavy atom. The van der Waals surface area contributed by atoms with E-state index in [1.165, 1.54) is 19.1 Å². The Balaban J connectivity index is 4.32. The van der Waals surface area contributed by atoms with Crippen LogP contribution >= 0.6 is 12.2 Å². The first-order valence-corrected chi connectivity index (χ1v) is 5.77. The van der Waals surface area contributed by atoms with Crippen LogP contribution in [-0.2, 0) is 19.1 Å². The quantitative estimate of drug-likeness (QED) is 0.415. The van der Waals surface area contributed by atoms with Crippen molar-refractivity contribution >= 4 is 29.0 Å². The highest BCUT2D eigenvalue weighted by atomic mass is 32.1. The molecule has 0 aromatic carbocycles. The van der Waals surface area contributed by atoms with E-state index in [1.807, 2.05) is 0 Å². The van der Waals surface area contributed by atoms with E-state index in [9.17, 15) is 9.59 Å². The van der Waals surface area contributed by atoms with Crippen molar-refractivity contribution in [3.8, 4) is 0 Å². The average Bonchev–Trinajstić information content (AvgIpc) is 2.35. The molecule has 0 aromatic heterocycles. The highest BCUT2D eigenvalue weighted by Gasteiger charge is 2.21. The number of carbonyl (C=O) groups excluding carboxylic acids is 2. The molecule has 0 aromatic rings. The largest absolute Gasteiger partial charge is 0.392 e. The maximum Gasteiger partial charge on any atom is 0.312 e. The average molecular weight is 277 g/mol. The molecule has 2 amide bonds. The number of hydrogen-bond donors (Lipinski definition) is 2. The van der Waals surface area contributed by atoms with Crippen LogP contribution in [0.5, 0.6) is 0 Å². The number of hydrogen-bond acceptors (Lipinski definition) is 5. The summed E-state index contributed by atoms with van der Waals surface area (Å²) in [4.78, 5) is 24.8. The molecule has 0 aliphatic heterocycles. The highest BCUT2D eigenvalue weighted by molar-refractivity contribution is 7.80. The Bertz CT molecular complexity index is 291. The van der Waals surface area contributed by atoms with Crippen LogP contribution in [0.1, 0.15) is 0 Å². The molecule has 0 saturated carbocycles. The summed E-state index contributed by atoms with van der Waals surface area (Å²) in [6.45, 7) is 1.33. The molecule has 8 heteroatoms. The second kappa shape index (κ2) is 9.75. The van der Waals surface area contributed by atoms with Crippen molar-refractivity contribution in [2.45, 2.75) is 0 Å². The van der Waals surface area contributed by atoms with Gasteiger partial charge in [0, 0.05) is 27.3 Å². The standard InChI is InChI=1S/C10H19N3O4S/c1-16-5-3-13(4-6-17-2)10(15)9(14)12-7-8(11)18/h3-7H2,1-2H3,(H2,11,18)(H,12,14). The van der Waals surface area contributed by atoms with Crippen LogP contribution in [0.25, 0.3) is 0 Å². The second-order valence-electron chi connectivity index (χ2n) is 3.43. The lowest BCUT2D eigenvalue weighted by molar-refractivity contribution is -0.146. The van der Waals surface area contributed by atoms with Gasteiger partial charge in [-0.1, -0.05) is 12.2 Å². The summed E-state index contributed by atoms with van der Waals surface area (Å²) in [7, 11) is 3.04. The second-order valence-corrected chi connectivity index (χ2v) is 3.95. The molecule has 0 atom stereocenters. The molecule has 3 N–H and O–H groups in total. The number of thiocarbonyl (C=S) groups is 1. The third-order valence-corrected chi connectivity index (χ3v) is 2.18. The first-order valence-electron chi connectivity index (χ1n) is 5.36. The van der Waals surface area contributed by atoms with Crippen molar-refractivity contribution < 1.29 is 19.1 Å². The zero-order chi connectivity index (χ0) is 14.0. The minimum absolute atomic E-state index is 0.00228. The molecule has 0 rings (SSSR count). The first-order chi connectivity index (χ1) is 8.52. The molecule has 7 nitrogen and oxygen atoms in total. The molecular formula is C10H19N3O4S. The summed E-state index contributed by atoms with van der Waals surface area (Å²) in [6, 6.07) is 0. The lowest BCUT2D eigenvalue weighted by atomic mass is 10.4. The number of carbonyl (C=O) groups is 2. The van der Waals surface area contributed by atoms with Gasteiger partial charge in [-0.2, -0.15) is 0 Å². The Morgan fingerprint density at radius 3 is 2.11 bits per heavy atom. The Labute approximate surface area is 112 Å². The van der Waals surface area contributed by atoms with Crippen LogP contribution in [0.2, 0.25) is 0 Å². The molecule has 0 spiro atoms. The molecule has 0 aliphatic rings. The molecule has 0 heterocycles. The monoisotopic (exact) mass is 277 g/mol. The maximum atomic E-state index is 11.8. The van der Waals surface area contributed by atoms with E-state index in [0.717, 1.165) is 0 Å². The van der Waals surface area contributed by atoms with E-state index in [-0.39, 0.29) is 11.5 Å². The van der Waals surface area contributed by atoms with E-state index < -0.39 is 11.8 Å². The van der Waals surface area contributed by atoms with Crippen LogP contribution in [0.4, 0.5) is 0 Å². The summed E-state index contributed by atoms with van der Waals surface area (Å²) < 4.78 is 9.75. The van der Waals surface area contributed by atoms with Crippen molar-refractivity contribution in [3.63, 3.8) is 0 Å². The zero-order valence-electron chi connectivity index (χ0n) is 10.6. The van der Waals surface area contributed by atoms with Gasteiger partial charge in [0.05, 0.1) is 24.7 Å². The SMILES string of the molecule is COCCN(CCOC)C(=O)C(=O)NCC(N)=S. The van der Waals surface area contributed by atoms with E-state index in [4.69, 9.17) is 15.2 Å². The van der Waals surface area contributed by atoms with Gasteiger partial charge in [-0.15, -0.1) is 0 Å². The van der Waals surface area contributed by atoms with Gasteiger partial charge in [0.1, 0.15) is 0 Å². The van der Waals surface area contributed by atoms with Crippen LogP contribution in [0.3, 0.4) is 0 Å². The minimum Gasteiger partial charge on any atom is -0.392 e. The van der Waals surface area contributed by atoms with Crippen molar-refractivity contribution in [1.29, 1.82) is 0 Å². The third kappa shape index (κ3) is 7.15. The molecule has 0 bridgehead atoms. The minimum atomic E-state index is -0.741. The molecule has 0 radical (unpaired) electrons. The van der Waals surface area contributed by atoms with Crippen molar-refractivity contribution in [3.05, 3.63) is 0 Å². The number of ether oxygens (including phenoxy) is 2. The van der Waals surface area contributed by atoms with Gasteiger partial charge < -0.3 is 25.4 Å². The number of amides is 2. The molecule has 104 valence electrons. The molecule has 0 fully saturated rings. The maximum absolute atomic E-state index is 11.8. The summed E-state index contributed by atoms with van der Waals surface area (Å²) >= 11 is 4.60. The fourth-order valence-electron chi connectivity index (χ4n) is 1.10. The number of nitrogens with one attached hydrogen (secondary N) is 1. The summed E-state index contributed by atoms with van der Waals surface area (Å²) in [5.74, 6) is -1.39. The van der Waals surface area contributed by atoms with Gasteiger partial charge in [0.15, 0.2) is 0 Å². The van der Waals surface area contributed by atoms with Gasteiger partial charge in [-0.25, -0.2) is 0 Å². The molecule has 0 aliphatic carbocycles. The lowest BCUT2D eigenvalue weighted by Gasteiger charge is -2.21. The predicted molar refractivity (Wildman–Crippen MR) is 70.1 cm³/mol. The fraction of sp³-hybridized carbons (Fsp3) is 0.700. The van der Waals surface area contributed by atoms with Gasteiger partial charge >= 0.3 is 11.8 Å². The number of nitrogens with two attached hydrogens (primary N) is 1. The third-order valence-electron chi connectivity index (χ3n) is 2.04. The number of rotatable bonds is 8. The van der Waals surface area contributed by atoms with Gasteiger partial charge in [0.25, 0.3) is 0 Å². The number of methoxy groups -OCH3 is 2. The van der Waals surface area contributed by atoms with Crippen molar-refractivity contribution in [1.82, 2.24) is 10.2 Å². The Kier molecular flexibility index (Phi) is 9.07. The van der Waals surface area contributed by atoms with Gasteiger partial charge in [0.2, 0.25) is 0 Å². The van der Waals surface area contributed by atoms with Crippen LogP contribution < -0.4 is 11.1 Å². The fourth-order valence-corrected chi connectivity index (χ4v) is 1.18. The van der Waals surface area contributed by atoms with Gasteiger partial charge in [-0.05, 0) is 0 Å².